The zero-order valence-corrected chi connectivity index (χ0v) is 11.4. The van der Waals surface area contributed by atoms with Gasteiger partial charge in [-0.1, -0.05) is 0 Å². The number of hydrogen-bond acceptors (Lipinski definition) is 2. The van der Waals surface area contributed by atoms with Gasteiger partial charge in [-0.05, 0) is 29.8 Å². The van der Waals surface area contributed by atoms with E-state index < -0.39 is 17.6 Å². The Balaban J connectivity index is 1.91. The molecule has 0 aliphatic carbocycles. The SMILES string of the molecule is Cn1nccc1CCNCc1cc(F)cc(C(F)(F)F)c1. The fraction of sp³-hybridized carbons (Fsp3) is 0.357. The van der Waals surface area contributed by atoms with Crippen LogP contribution in [-0.4, -0.2) is 16.3 Å². The molecular weight excluding hydrogens is 286 g/mol. The second-order valence-electron chi connectivity index (χ2n) is 4.72. The van der Waals surface area contributed by atoms with Gasteiger partial charge in [-0.25, -0.2) is 4.39 Å². The van der Waals surface area contributed by atoms with Crippen molar-refractivity contribution in [2.45, 2.75) is 19.1 Å². The van der Waals surface area contributed by atoms with Gasteiger partial charge in [0, 0.05) is 38.4 Å². The van der Waals surface area contributed by atoms with Gasteiger partial charge < -0.3 is 5.32 Å². The summed E-state index contributed by atoms with van der Waals surface area (Å²) in [5.41, 5.74) is 0.316. The lowest BCUT2D eigenvalue weighted by Gasteiger charge is -2.10. The van der Waals surface area contributed by atoms with Crippen LogP contribution in [0.2, 0.25) is 0 Å². The molecule has 1 N–H and O–H groups in total. The monoisotopic (exact) mass is 301 g/mol. The van der Waals surface area contributed by atoms with Gasteiger partial charge in [-0.15, -0.1) is 0 Å². The lowest BCUT2D eigenvalue weighted by atomic mass is 10.1. The molecule has 1 aromatic carbocycles. The molecule has 1 aromatic heterocycles. The van der Waals surface area contributed by atoms with E-state index in [-0.39, 0.29) is 12.1 Å². The molecule has 2 aromatic rings. The third kappa shape index (κ3) is 4.29. The number of aryl methyl sites for hydroxylation is 1. The Morgan fingerprint density at radius 3 is 2.62 bits per heavy atom. The van der Waals surface area contributed by atoms with E-state index in [4.69, 9.17) is 0 Å². The summed E-state index contributed by atoms with van der Waals surface area (Å²) < 4.78 is 52.6. The first-order valence-corrected chi connectivity index (χ1v) is 6.40. The number of rotatable bonds is 5. The molecule has 0 amide bonds. The van der Waals surface area contributed by atoms with Crippen LogP contribution < -0.4 is 5.32 Å². The molecule has 21 heavy (non-hydrogen) atoms. The molecule has 3 nitrogen and oxygen atoms in total. The summed E-state index contributed by atoms with van der Waals surface area (Å²) in [5, 5.41) is 7.02. The molecule has 0 saturated carbocycles. The van der Waals surface area contributed by atoms with Crippen LogP contribution in [0.15, 0.2) is 30.5 Å². The largest absolute Gasteiger partial charge is 0.416 e. The maximum atomic E-state index is 13.2. The normalized spacial score (nSPS) is 11.9. The van der Waals surface area contributed by atoms with Crippen LogP contribution in [0.4, 0.5) is 17.6 Å². The first-order valence-electron chi connectivity index (χ1n) is 6.40. The van der Waals surface area contributed by atoms with Crippen LogP contribution in [0.3, 0.4) is 0 Å². The average molecular weight is 301 g/mol. The highest BCUT2D eigenvalue weighted by Gasteiger charge is 2.31. The Labute approximate surface area is 119 Å². The molecule has 0 radical (unpaired) electrons. The van der Waals surface area contributed by atoms with Crippen molar-refractivity contribution >= 4 is 0 Å². The average Bonchev–Trinajstić information content (AvgIpc) is 2.79. The molecule has 0 aliphatic heterocycles. The van der Waals surface area contributed by atoms with Crippen LogP contribution in [0.25, 0.3) is 0 Å². The molecule has 1 heterocycles. The number of nitrogens with one attached hydrogen (secondary N) is 1. The summed E-state index contributed by atoms with van der Waals surface area (Å²) in [4.78, 5) is 0. The van der Waals surface area contributed by atoms with Crippen molar-refractivity contribution in [2.75, 3.05) is 6.54 Å². The predicted octanol–water partition coefficient (Wildman–Crippen LogP) is 2.91. The van der Waals surface area contributed by atoms with Crippen LogP contribution >= 0.6 is 0 Å². The van der Waals surface area contributed by atoms with Crippen molar-refractivity contribution in [3.8, 4) is 0 Å². The van der Waals surface area contributed by atoms with E-state index in [0.29, 0.717) is 19.0 Å². The minimum absolute atomic E-state index is 0.179. The number of aromatic nitrogens is 2. The van der Waals surface area contributed by atoms with E-state index in [9.17, 15) is 17.6 Å². The van der Waals surface area contributed by atoms with Gasteiger partial charge in [-0.2, -0.15) is 18.3 Å². The number of nitrogens with zero attached hydrogens (tertiary/aromatic N) is 2. The summed E-state index contributed by atoms with van der Waals surface area (Å²) in [7, 11) is 1.82. The Kier molecular flexibility index (Phi) is 4.62. The van der Waals surface area contributed by atoms with E-state index in [1.165, 1.54) is 0 Å². The maximum absolute atomic E-state index is 13.2. The number of benzene rings is 1. The van der Waals surface area contributed by atoms with Gasteiger partial charge in [0.25, 0.3) is 0 Å². The van der Waals surface area contributed by atoms with E-state index in [1.54, 1.807) is 10.9 Å². The van der Waals surface area contributed by atoms with E-state index in [1.807, 2.05) is 13.1 Å². The third-order valence-corrected chi connectivity index (χ3v) is 3.09. The Bertz CT molecular complexity index is 605. The summed E-state index contributed by atoms with van der Waals surface area (Å²) in [6, 6.07) is 4.43. The van der Waals surface area contributed by atoms with Gasteiger partial charge in [0.2, 0.25) is 0 Å². The van der Waals surface area contributed by atoms with Crippen molar-refractivity contribution in [1.82, 2.24) is 15.1 Å². The molecule has 0 aliphatic rings. The van der Waals surface area contributed by atoms with Crippen molar-refractivity contribution in [3.05, 3.63) is 53.1 Å². The number of hydrogen-bond donors (Lipinski definition) is 1. The zero-order chi connectivity index (χ0) is 15.5. The van der Waals surface area contributed by atoms with Crippen molar-refractivity contribution in [1.29, 1.82) is 0 Å². The quantitative estimate of drug-likeness (QED) is 0.680. The topological polar surface area (TPSA) is 29.9 Å². The molecule has 0 atom stereocenters. The van der Waals surface area contributed by atoms with Crippen molar-refractivity contribution < 1.29 is 17.6 Å². The van der Waals surface area contributed by atoms with Crippen LogP contribution in [0, 0.1) is 5.82 Å². The highest BCUT2D eigenvalue weighted by Crippen LogP contribution is 2.30. The lowest BCUT2D eigenvalue weighted by Crippen LogP contribution is -2.18. The standard InChI is InChI=1S/C14H15F4N3/c1-21-13(3-5-20-21)2-4-19-9-10-6-11(14(16,17)18)8-12(15)7-10/h3,5-8,19H,2,4,9H2,1H3. The van der Waals surface area contributed by atoms with Crippen molar-refractivity contribution in [2.24, 2.45) is 7.05 Å². The summed E-state index contributed by atoms with van der Waals surface area (Å²) in [6.07, 6.45) is -2.17. The van der Waals surface area contributed by atoms with Gasteiger partial charge in [-0.3, -0.25) is 4.68 Å². The predicted molar refractivity (Wildman–Crippen MR) is 70.0 cm³/mol. The molecule has 0 unspecified atom stereocenters. The molecule has 7 heteroatoms. The van der Waals surface area contributed by atoms with Gasteiger partial charge in [0.15, 0.2) is 0 Å². The number of halogens is 4. The maximum Gasteiger partial charge on any atom is 0.416 e. The summed E-state index contributed by atoms with van der Waals surface area (Å²) in [6.45, 7) is 0.746. The molecule has 114 valence electrons. The summed E-state index contributed by atoms with van der Waals surface area (Å²) in [5.74, 6) is -0.881. The fourth-order valence-corrected chi connectivity index (χ4v) is 2.01. The zero-order valence-electron chi connectivity index (χ0n) is 11.4. The molecule has 2 rings (SSSR count). The molecular formula is C14H15F4N3. The highest BCUT2D eigenvalue weighted by molar-refractivity contribution is 5.26. The molecule has 0 spiro atoms. The first-order chi connectivity index (χ1) is 9.86. The van der Waals surface area contributed by atoms with Crippen LogP contribution in [-0.2, 0) is 26.2 Å². The van der Waals surface area contributed by atoms with E-state index in [0.717, 1.165) is 17.8 Å². The molecule has 0 bridgehead atoms. The van der Waals surface area contributed by atoms with Gasteiger partial charge in [0.1, 0.15) is 5.82 Å². The number of alkyl halides is 3. The van der Waals surface area contributed by atoms with Crippen molar-refractivity contribution in [3.63, 3.8) is 0 Å². The smallest absolute Gasteiger partial charge is 0.312 e. The highest BCUT2D eigenvalue weighted by atomic mass is 19.4. The van der Waals surface area contributed by atoms with Crippen LogP contribution in [0.1, 0.15) is 16.8 Å². The van der Waals surface area contributed by atoms with Gasteiger partial charge in [0.05, 0.1) is 5.56 Å². The Hall–Kier alpha value is -1.89. The molecule has 0 saturated heterocycles. The second kappa shape index (κ2) is 6.26. The third-order valence-electron chi connectivity index (χ3n) is 3.09. The minimum Gasteiger partial charge on any atom is -0.312 e. The second-order valence-corrected chi connectivity index (χ2v) is 4.72. The first kappa shape index (κ1) is 15.5. The van der Waals surface area contributed by atoms with E-state index >= 15 is 0 Å². The fourth-order valence-electron chi connectivity index (χ4n) is 2.01. The Morgan fingerprint density at radius 2 is 2.00 bits per heavy atom. The minimum atomic E-state index is -4.54. The Morgan fingerprint density at radius 1 is 1.24 bits per heavy atom. The van der Waals surface area contributed by atoms with Crippen LogP contribution in [0.5, 0.6) is 0 Å². The lowest BCUT2D eigenvalue weighted by molar-refractivity contribution is -0.137. The summed E-state index contributed by atoms with van der Waals surface area (Å²) >= 11 is 0. The molecule has 0 fully saturated rings. The van der Waals surface area contributed by atoms with Gasteiger partial charge >= 0.3 is 6.18 Å². The van der Waals surface area contributed by atoms with E-state index in [2.05, 4.69) is 10.4 Å².